The molecule has 0 amide bonds. The lowest BCUT2D eigenvalue weighted by Crippen LogP contribution is -2.10. The third-order valence-corrected chi connectivity index (χ3v) is 11.5. The summed E-state index contributed by atoms with van der Waals surface area (Å²) in [5.41, 5.74) is 14.6. The molecule has 10 aromatic carbocycles. The van der Waals surface area contributed by atoms with Gasteiger partial charge in [0.15, 0.2) is 0 Å². The molecule has 0 fully saturated rings. The summed E-state index contributed by atoms with van der Waals surface area (Å²) >= 11 is 0. The summed E-state index contributed by atoms with van der Waals surface area (Å²) in [6.07, 6.45) is 0. The van der Waals surface area contributed by atoms with Gasteiger partial charge in [0.25, 0.3) is 0 Å². The Balaban J connectivity index is 1.02. The summed E-state index contributed by atoms with van der Waals surface area (Å²) in [6.45, 7) is 0. The van der Waals surface area contributed by atoms with Gasteiger partial charge in [-0.1, -0.05) is 176 Å². The third-order valence-electron chi connectivity index (χ3n) is 11.5. The highest BCUT2D eigenvalue weighted by atomic mass is 16.3. The number of anilines is 3. The monoisotopic (exact) mass is 739 g/mol. The van der Waals surface area contributed by atoms with Gasteiger partial charge in [-0.15, -0.1) is 0 Å². The van der Waals surface area contributed by atoms with E-state index in [4.69, 9.17) is 4.42 Å². The largest absolute Gasteiger partial charge is 0.456 e. The van der Waals surface area contributed by atoms with Crippen LogP contribution in [0.25, 0.3) is 88.0 Å². The molecule has 0 saturated heterocycles. The zero-order valence-corrected chi connectivity index (χ0v) is 31.7. The van der Waals surface area contributed by atoms with Crippen molar-refractivity contribution in [2.45, 2.75) is 0 Å². The molecule has 2 nitrogen and oxygen atoms in total. The van der Waals surface area contributed by atoms with Gasteiger partial charge in [0.2, 0.25) is 0 Å². The smallest absolute Gasteiger partial charge is 0.136 e. The fraction of sp³-hybridized carbons (Fsp3) is 0. The zero-order chi connectivity index (χ0) is 38.4. The highest BCUT2D eigenvalue weighted by Crippen LogP contribution is 2.44. The average Bonchev–Trinajstić information content (AvgIpc) is 3.69. The summed E-state index contributed by atoms with van der Waals surface area (Å²) in [4.78, 5) is 2.38. The second-order valence-electron chi connectivity index (χ2n) is 14.9. The van der Waals surface area contributed by atoms with Crippen molar-refractivity contribution in [3.8, 4) is 44.5 Å². The third kappa shape index (κ3) is 5.82. The molecule has 0 unspecified atom stereocenters. The molecular weight excluding hydrogens is 703 g/mol. The molecule has 0 radical (unpaired) electrons. The molecule has 0 N–H and O–H groups in total. The molecule has 0 saturated carbocycles. The van der Waals surface area contributed by atoms with E-state index in [1.165, 1.54) is 54.9 Å². The van der Waals surface area contributed by atoms with Gasteiger partial charge in [0.05, 0.1) is 5.69 Å². The van der Waals surface area contributed by atoms with Gasteiger partial charge in [0.1, 0.15) is 11.2 Å². The van der Waals surface area contributed by atoms with Gasteiger partial charge in [-0.3, -0.25) is 0 Å². The van der Waals surface area contributed by atoms with Gasteiger partial charge in [0, 0.05) is 27.5 Å². The number of hydrogen-bond donors (Lipinski definition) is 0. The topological polar surface area (TPSA) is 16.4 Å². The quantitative estimate of drug-likeness (QED) is 0.162. The van der Waals surface area contributed by atoms with Crippen molar-refractivity contribution in [2.24, 2.45) is 0 Å². The number of benzene rings is 10. The van der Waals surface area contributed by atoms with Crippen LogP contribution in [0.4, 0.5) is 17.1 Å². The number of nitrogens with zero attached hydrogens (tertiary/aromatic N) is 1. The van der Waals surface area contributed by atoms with Gasteiger partial charge < -0.3 is 9.32 Å². The maximum atomic E-state index is 6.31. The first kappa shape index (κ1) is 33.6. The Morgan fingerprint density at radius 2 is 0.828 bits per heavy atom. The average molecular weight is 740 g/mol. The SMILES string of the molecule is c1ccc(-c2cc(-c3ccc(N(c4ccc(-c5cccc6ccccc56)cc4)c4cccc5ccccc45)cc3)ccc2-c2cccc3oc4ccccc4c23)cc1. The Hall–Kier alpha value is -7.68. The lowest BCUT2D eigenvalue weighted by Gasteiger charge is -2.27. The normalized spacial score (nSPS) is 11.4. The first-order valence-electron chi connectivity index (χ1n) is 19.8. The zero-order valence-electron chi connectivity index (χ0n) is 31.7. The van der Waals surface area contributed by atoms with Crippen molar-refractivity contribution in [1.82, 2.24) is 0 Å². The standard InChI is InChI=1S/C56H37NO/c1-2-13-41(14-3-1)52-37-43(31-36-49(52)50-23-12-26-55-56(50)51-21-8-9-25-54(51)58-55)38-27-32-44(33-28-38)57(53-24-11-18-40-16-5-7-20-48(40)53)45-34-29-42(30-35-45)47-22-10-17-39-15-4-6-19-46(39)47/h1-37H. The minimum absolute atomic E-state index is 0.899. The Morgan fingerprint density at radius 3 is 1.60 bits per heavy atom. The molecule has 11 rings (SSSR count). The van der Waals surface area contributed by atoms with Gasteiger partial charge in [-0.25, -0.2) is 0 Å². The predicted molar refractivity (Wildman–Crippen MR) is 245 cm³/mol. The molecule has 58 heavy (non-hydrogen) atoms. The van der Waals surface area contributed by atoms with Gasteiger partial charge in [-0.05, 0) is 109 Å². The second-order valence-corrected chi connectivity index (χ2v) is 14.9. The Kier molecular flexibility index (Phi) is 8.19. The molecular formula is C56H37NO. The van der Waals surface area contributed by atoms with Crippen molar-refractivity contribution < 1.29 is 4.42 Å². The van der Waals surface area contributed by atoms with Gasteiger partial charge in [-0.2, -0.15) is 0 Å². The number of rotatable bonds is 7. The molecule has 2 heteroatoms. The van der Waals surface area contributed by atoms with E-state index in [1.54, 1.807) is 0 Å². The fourth-order valence-electron chi connectivity index (χ4n) is 8.71. The van der Waals surface area contributed by atoms with Crippen LogP contribution in [-0.2, 0) is 0 Å². The van der Waals surface area contributed by atoms with E-state index in [-0.39, 0.29) is 0 Å². The number of hydrogen-bond acceptors (Lipinski definition) is 2. The van der Waals surface area contributed by atoms with Crippen LogP contribution in [0.5, 0.6) is 0 Å². The van der Waals surface area contributed by atoms with Crippen molar-refractivity contribution >= 4 is 60.5 Å². The molecule has 1 aromatic heterocycles. The molecule has 11 aromatic rings. The van der Waals surface area contributed by atoms with Crippen molar-refractivity contribution in [3.05, 3.63) is 224 Å². The number of fused-ring (bicyclic) bond motifs is 5. The molecule has 0 aliphatic heterocycles. The summed E-state index contributed by atoms with van der Waals surface area (Å²) in [5, 5.41) is 7.19. The molecule has 0 bridgehead atoms. The summed E-state index contributed by atoms with van der Waals surface area (Å²) in [5.74, 6) is 0. The van der Waals surface area contributed by atoms with E-state index in [0.717, 1.165) is 50.1 Å². The van der Waals surface area contributed by atoms with Crippen LogP contribution in [0.2, 0.25) is 0 Å². The van der Waals surface area contributed by atoms with Crippen LogP contribution in [-0.4, -0.2) is 0 Å². The van der Waals surface area contributed by atoms with E-state index in [2.05, 4.69) is 217 Å². The highest BCUT2D eigenvalue weighted by Gasteiger charge is 2.19. The Bertz CT molecular complexity index is 3260. The van der Waals surface area contributed by atoms with Crippen LogP contribution < -0.4 is 4.90 Å². The Morgan fingerprint density at radius 1 is 0.293 bits per heavy atom. The fourth-order valence-corrected chi connectivity index (χ4v) is 8.71. The first-order valence-corrected chi connectivity index (χ1v) is 19.8. The molecule has 0 atom stereocenters. The lowest BCUT2D eigenvalue weighted by molar-refractivity contribution is 0.669. The molecule has 0 spiro atoms. The van der Waals surface area contributed by atoms with Crippen LogP contribution >= 0.6 is 0 Å². The molecule has 272 valence electrons. The molecule has 1 heterocycles. The molecule has 0 aliphatic carbocycles. The number of para-hydroxylation sites is 1. The Labute approximate surface area is 337 Å². The van der Waals surface area contributed by atoms with E-state index < -0.39 is 0 Å². The van der Waals surface area contributed by atoms with E-state index in [0.29, 0.717) is 0 Å². The number of furan rings is 1. The maximum absolute atomic E-state index is 6.31. The first-order chi connectivity index (χ1) is 28.8. The van der Waals surface area contributed by atoms with Crippen LogP contribution in [0, 0.1) is 0 Å². The van der Waals surface area contributed by atoms with Crippen LogP contribution in [0.3, 0.4) is 0 Å². The van der Waals surface area contributed by atoms with E-state index in [9.17, 15) is 0 Å². The van der Waals surface area contributed by atoms with E-state index in [1.807, 2.05) is 12.1 Å². The van der Waals surface area contributed by atoms with Crippen molar-refractivity contribution in [1.29, 1.82) is 0 Å². The summed E-state index contributed by atoms with van der Waals surface area (Å²) < 4.78 is 6.31. The summed E-state index contributed by atoms with van der Waals surface area (Å²) in [7, 11) is 0. The van der Waals surface area contributed by atoms with E-state index >= 15 is 0 Å². The minimum atomic E-state index is 0.899. The van der Waals surface area contributed by atoms with Gasteiger partial charge >= 0.3 is 0 Å². The molecule has 0 aliphatic rings. The van der Waals surface area contributed by atoms with Crippen LogP contribution in [0.15, 0.2) is 229 Å². The van der Waals surface area contributed by atoms with Crippen molar-refractivity contribution in [3.63, 3.8) is 0 Å². The highest BCUT2D eigenvalue weighted by molar-refractivity contribution is 6.14. The summed E-state index contributed by atoms with van der Waals surface area (Å²) in [6, 6.07) is 80.7. The van der Waals surface area contributed by atoms with Crippen molar-refractivity contribution in [2.75, 3.05) is 4.90 Å². The lowest BCUT2D eigenvalue weighted by atomic mass is 9.89. The predicted octanol–water partition coefficient (Wildman–Crippen LogP) is 16.0. The maximum Gasteiger partial charge on any atom is 0.136 e. The van der Waals surface area contributed by atoms with Crippen LogP contribution in [0.1, 0.15) is 0 Å². The minimum Gasteiger partial charge on any atom is -0.456 e. The second kappa shape index (κ2) is 14.1.